The lowest BCUT2D eigenvalue weighted by atomic mass is 9.96. The largest absolute Gasteiger partial charge is 0.356 e. The Labute approximate surface area is 269 Å². The number of piperidine rings is 1. The number of carbonyl (C=O) groups excluding carboxylic acids is 1. The van der Waals surface area contributed by atoms with E-state index in [2.05, 4.69) is 105 Å². The summed E-state index contributed by atoms with van der Waals surface area (Å²) in [5.74, 6) is 2.33. The van der Waals surface area contributed by atoms with Crippen molar-refractivity contribution in [2.45, 2.75) is 45.7 Å². The number of imidazole rings is 1. The van der Waals surface area contributed by atoms with Gasteiger partial charge >= 0.3 is 0 Å². The Balaban J connectivity index is 1.10. The van der Waals surface area contributed by atoms with Crippen LogP contribution in [0.3, 0.4) is 0 Å². The number of amides is 1. The van der Waals surface area contributed by atoms with Crippen LogP contribution in [0.5, 0.6) is 0 Å². The van der Waals surface area contributed by atoms with Gasteiger partial charge < -0.3 is 23.8 Å². The number of hydrogen-bond acceptors (Lipinski definition) is 6. The Morgan fingerprint density at radius 3 is 2.51 bits per heavy atom. The van der Waals surface area contributed by atoms with Gasteiger partial charge in [0.2, 0.25) is 0 Å². The van der Waals surface area contributed by atoms with Crippen molar-refractivity contribution in [2.24, 2.45) is 5.92 Å². The molecule has 2 aromatic carbocycles. The lowest BCUT2D eigenvalue weighted by Crippen LogP contribution is -2.47. The Morgan fingerprint density at radius 1 is 0.956 bits per heavy atom. The number of fused-ring (bicyclic) bond motifs is 1. The topological polar surface area (TPSA) is 62.4 Å². The third-order valence-electron chi connectivity index (χ3n) is 9.52. The van der Waals surface area contributed by atoms with Crippen LogP contribution in [0.25, 0.3) is 21.9 Å². The molecule has 0 unspecified atom stereocenters. The molecule has 2 saturated heterocycles. The van der Waals surface area contributed by atoms with E-state index in [1.54, 1.807) is 11.3 Å². The number of piperazine rings is 1. The Kier molecular flexibility index (Phi) is 8.47. The molecule has 2 aliphatic rings. The van der Waals surface area contributed by atoms with Gasteiger partial charge in [0.1, 0.15) is 5.82 Å². The van der Waals surface area contributed by atoms with Gasteiger partial charge in [-0.25, -0.2) is 9.97 Å². The second kappa shape index (κ2) is 12.8. The number of benzene rings is 2. The van der Waals surface area contributed by atoms with Crippen molar-refractivity contribution in [3.8, 4) is 11.1 Å². The van der Waals surface area contributed by atoms with Gasteiger partial charge in [-0.15, -0.1) is 11.3 Å². The van der Waals surface area contributed by atoms with Gasteiger partial charge in [-0.3, -0.25) is 4.79 Å². The van der Waals surface area contributed by atoms with Gasteiger partial charge in [0.15, 0.2) is 0 Å². The molecule has 2 fully saturated rings. The summed E-state index contributed by atoms with van der Waals surface area (Å²) in [5.41, 5.74) is 4.04. The molecule has 1 amide bonds. The van der Waals surface area contributed by atoms with Crippen LogP contribution >= 0.6 is 11.3 Å². The molecule has 5 aromatic rings. The van der Waals surface area contributed by atoms with E-state index >= 15 is 0 Å². The zero-order valence-corrected chi connectivity index (χ0v) is 27.4. The second-order valence-electron chi connectivity index (χ2n) is 13.0. The monoisotopic (exact) mass is 621 g/mol. The number of anilines is 1. The standard InChI is InChI=1S/C36H43N7OS/c1-26(2)35-38-34(24-45-35)41-13-11-27(12-14-41)20-43-25-37-19-29(43)21-40-22-32(31-10-6-8-28-7-4-5-9-30(28)31)33(23-40)36(44)42-17-15-39(3)16-18-42/h4-10,19,22-27H,11-18,20-21H2,1-3H3. The van der Waals surface area contributed by atoms with Crippen molar-refractivity contribution in [1.82, 2.24) is 28.9 Å². The van der Waals surface area contributed by atoms with Crippen molar-refractivity contribution in [2.75, 3.05) is 51.2 Å². The summed E-state index contributed by atoms with van der Waals surface area (Å²) < 4.78 is 4.50. The predicted octanol–water partition coefficient (Wildman–Crippen LogP) is 6.44. The Hall–Kier alpha value is -3.95. The average molecular weight is 622 g/mol. The lowest BCUT2D eigenvalue weighted by Gasteiger charge is -2.32. The number of rotatable bonds is 8. The van der Waals surface area contributed by atoms with Crippen molar-refractivity contribution in [3.05, 3.63) is 89.0 Å². The van der Waals surface area contributed by atoms with Gasteiger partial charge in [0, 0.05) is 81.3 Å². The average Bonchev–Trinajstić information content (AvgIpc) is 3.82. The molecule has 2 aliphatic heterocycles. The van der Waals surface area contributed by atoms with E-state index in [1.807, 2.05) is 17.4 Å². The molecule has 7 rings (SSSR count). The highest BCUT2D eigenvalue weighted by atomic mass is 32.1. The zero-order chi connectivity index (χ0) is 30.9. The molecule has 0 atom stereocenters. The third kappa shape index (κ3) is 6.29. The highest BCUT2D eigenvalue weighted by molar-refractivity contribution is 7.10. The summed E-state index contributed by atoms with van der Waals surface area (Å²) in [6, 6.07) is 14.8. The number of thiazole rings is 1. The minimum atomic E-state index is 0.116. The summed E-state index contributed by atoms with van der Waals surface area (Å²) in [7, 11) is 2.12. The van der Waals surface area contributed by atoms with Crippen LogP contribution in [0.4, 0.5) is 5.82 Å². The van der Waals surface area contributed by atoms with Crippen molar-refractivity contribution in [1.29, 1.82) is 0 Å². The molecule has 0 saturated carbocycles. The van der Waals surface area contributed by atoms with Crippen LogP contribution in [0, 0.1) is 5.92 Å². The molecule has 0 spiro atoms. The molecule has 0 N–H and O–H groups in total. The summed E-state index contributed by atoms with van der Waals surface area (Å²) in [5, 5.41) is 5.78. The molecule has 8 nitrogen and oxygen atoms in total. The summed E-state index contributed by atoms with van der Waals surface area (Å²) >= 11 is 1.78. The van der Waals surface area contributed by atoms with Crippen LogP contribution in [-0.2, 0) is 13.1 Å². The maximum atomic E-state index is 14.0. The SMILES string of the molecule is CC(C)c1nc(N2CCC(Cn3cncc3Cn3cc(C(=O)N4CCN(C)CC4)c(-c4cccc5ccccc45)c3)CC2)cs1. The molecule has 0 radical (unpaired) electrons. The number of hydrogen-bond donors (Lipinski definition) is 0. The summed E-state index contributed by atoms with van der Waals surface area (Å²) in [4.78, 5) is 30.2. The molecule has 234 valence electrons. The van der Waals surface area contributed by atoms with Crippen LogP contribution in [0.1, 0.15) is 53.7 Å². The van der Waals surface area contributed by atoms with Crippen molar-refractivity contribution >= 4 is 33.8 Å². The smallest absolute Gasteiger partial charge is 0.256 e. The van der Waals surface area contributed by atoms with Crippen LogP contribution in [0.15, 0.2) is 72.8 Å². The minimum absolute atomic E-state index is 0.116. The second-order valence-corrected chi connectivity index (χ2v) is 13.9. The van der Waals surface area contributed by atoms with Gasteiger partial charge in [0.25, 0.3) is 5.91 Å². The highest BCUT2D eigenvalue weighted by Gasteiger charge is 2.26. The van der Waals surface area contributed by atoms with E-state index < -0.39 is 0 Å². The Bertz CT molecular complexity index is 1760. The Morgan fingerprint density at radius 2 is 1.73 bits per heavy atom. The van der Waals surface area contributed by atoms with E-state index in [0.717, 1.165) is 86.9 Å². The summed E-state index contributed by atoms with van der Waals surface area (Å²) in [6.07, 6.45) is 10.5. The molecule has 9 heteroatoms. The minimum Gasteiger partial charge on any atom is -0.356 e. The predicted molar refractivity (Wildman–Crippen MR) is 183 cm³/mol. The van der Waals surface area contributed by atoms with E-state index in [0.29, 0.717) is 18.4 Å². The first kappa shape index (κ1) is 29.7. The lowest BCUT2D eigenvalue weighted by molar-refractivity contribution is 0.0665. The summed E-state index contributed by atoms with van der Waals surface area (Å²) in [6.45, 7) is 11.4. The van der Waals surface area contributed by atoms with Crippen LogP contribution < -0.4 is 4.90 Å². The van der Waals surface area contributed by atoms with Crippen molar-refractivity contribution in [3.63, 3.8) is 0 Å². The van der Waals surface area contributed by atoms with E-state index in [9.17, 15) is 4.79 Å². The number of carbonyl (C=O) groups is 1. The van der Waals surface area contributed by atoms with Crippen molar-refractivity contribution < 1.29 is 4.79 Å². The molecule has 5 heterocycles. The first-order chi connectivity index (χ1) is 21.9. The molecule has 45 heavy (non-hydrogen) atoms. The van der Waals surface area contributed by atoms with Crippen LogP contribution in [0.2, 0.25) is 0 Å². The van der Waals surface area contributed by atoms with Gasteiger partial charge in [-0.2, -0.15) is 0 Å². The van der Waals surface area contributed by atoms with Crippen LogP contribution in [-0.4, -0.2) is 81.1 Å². The first-order valence-corrected chi connectivity index (χ1v) is 17.2. The van der Waals surface area contributed by atoms with E-state index in [4.69, 9.17) is 4.98 Å². The number of nitrogens with zero attached hydrogens (tertiary/aromatic N) is 7. The normalized spacial score (nSPS) is 16.7. The zero-order valence-electron chi connectivity index (χ0n) is 26.6. The third-order valence-corrected chi connectivity index (χ3v) is 10.7. The molecule has 3 aromatic heterocycles. The fourth-order valence-corrected chi connectivity index (χ4v) is 7.61. The number of aromatic nitrogens is 4. The first-order valence-electron chi connectivity index (χ1n) is 16.3. The maximum absolute atomic E-state index is 14.0. The quantitative estimate of drug-likeness (QED) is 0.200. The molecule has 0 aliphatic carbocycles. The van der Waals surface area contributed by atoms with Gasteiger partial charge in [0.05, 0.1) is 29.1 Å². The van der Waals surface area contributed by atoms with Gasteiger partial charge in [-0.05, 0) is 42.1 Å². The highest BCUT2D eigenvalue weighted by Crippen LogP contribution is 2.33. The number of likely N-dealkylation sites (N-methyl/N-ethyl adjacent to an activating group) is 1. The molecular formula is C36H43N7OS. The fraction of sp³-hybridized carbons (Fsp3) is 0.417. The van der Waals surface area contributed by atoms with E-state index in [-0.39, 0.29) is 5.91 Å². The fourth-order valence-electron chi connectivity index (χ4n) is 6.77. The van der Waals surface area contributed by atoms with Gasteiger partial charge in [-0.1, -0.05) is 56.3 Å². The van der Waals surface area contributed by atoms with E-state index in [1.165, 1.54) is 15.8 Å². The molecule has 0 bridgehead atoms. The maximum Gasteiger partial charge on any atom is 0.256 e. The molecular weight excluding hydrogens is 579 g/mol.